The summed E-state index contributed by atoms with van der Waals surface area (Å²) in [5, 5.41) is 12.5. The van der Waals surface area contributed by atoms with E-state index in [1.165, 1.54) is 7.11 Å². The average Bonchev–Trinajstić information content (AvgIpc) is 3.21. The van der Waals surface area contributed by atoms with Gasteiger partial charge in [-0.1, -0.05) is 13.8 Å². The number of fused-ring (bicyclic) bond motifs is 1. The van der Waals surface area contributed by atoms with Gasteiger partial charge in [0.15, 0.2) is 17.3 Å². The van der Waals surface area contributed by atoms with Crippen molar-refractivity contribution in [3.63, 3.8) is 0 Å². The van der Waals surface area contributed by atoms with Gasteiger partial charge in [-0.15, -0.1) is 0 Å². The Morgan fingerprint density at radius 1 is 1.09 bits per heavy atom. The van der Waals surface area contributed by atoms with E-state index in [2.05, 4.69) is 0 Å². The molecule has 2 saturated carbocycles. The minimum absolute atomic E-state index is 0.0217. The molecule has 190 valence electrons. The molecule has 2 unspecified atom stereocenters. The molecule has 0 aromatic carbocycles. The number of cyclic esters (lactones) is 1. The van der Waals surface area contributed by atoms with Crippen LogP contribution >= 0.6 is 0 Å². The lowest BCUT2D eigenvalue weighted by molar-refractivity contribution is -0.549. The van der Waals surface area contributed by atoms with E-state index in [9.17, 15) is 19.5 Å². The molecule has 0 radical (unpaired) electrons. The van der Waals surface area contributed by atoms with Gasteiger partial charge in [0.1, 0.15) is 6.10 Å². The minimum Gasteiger partial charge on any atom is -0.493 e. The quantitative estimate of drug-likeness (QED) is 0.581. The highest BCUT2D eigenvalue weighted by Gasteiger charge is 2.86. The number of allylic oxidation sites excluding steroid dienone is 2. The number of hydrogen-bond acceptors (Lipinski definition) is 9. The second-order valence-electron chi connectivity index (χ2n) is 12.4. The molecule has 11 atom stereocenters. The van der Waals surface area contributed by atoms with Crippen LogP contribution in [0.3, 0.4) is 0 Å². The van der Waals surface area contributed by atoms with Crippen molar-refractivity contribution < 1.29 is 43.2 Å². The molecule has 8 rings (SSSR count). The maximum atomic E-state index is 14.1. The molecule has 8 aliphatic rings. The van der Waals surface area contributed by atoms with Gasteiger partial charge < -0.3 is 28.8 Å². The van der Waals surface area contributed by atoms with Crippen LogP contribution < -0.4 is 0 Å². The van der Waals surface area contributed by atoms with Crippen molar-refractivity contribution in [3.05, 3.63) is 11.8 Å². The van der Waals surface area contributed by atoms with Gasteiger partial charge in [0.25, 0.3) is 0 Å². The fourth-order valence-corrected chi connectivity index (χ4v) is 9.98. The van der Waals surface area contributed by atoms with Crippen LogP contribution in [0.4, 0.5) is 0 Å². The molecule has 7 fully saturated rings. The molecule has 9 heteroatoms. The zero-order chi connectivity index (χ0) is 24.8. The molecule has 9 nitrogen and oxygen atoms in total. The Kier molecular flexibility index (Phi) is 4.00. The van der Waals surface area contributed by atoms with Crippen LogP contribution in [0.2, 0.25) is 0 Å². The van der Waals surface area contributed by atoms with E-state index in [1.807, 2.05) is 26.8 Å². The van der Waals surface area contributed by atoms with Gasteiger partial charge in [-0.25, -0.2) is 0 Å². The number of hydrogen-bond donors (Lipinski definition) is 1. The van der Waals surface area contributed by atoms with Crippen molar-refractivity contribution in [2.24, 2.45) is 40.4 Å². The lowest BCUT2D eigenvalue weighted by Gasteiger charge is -2.80. The van der Waals surface area contributed by atoms with Crippen molar-refractivity contribution in [3.8, 4) is 0 Å². The molecule has 1 N–H and O–H groups in total. The molecule has 5 heterocycles. The number of ether oxygens (including phenoxy) is 5. The Bertz CT molecular complexity index is 1100. The number of carbonyl (C=O) groups excluding carboxylic acids is 3. The SMILES string of the molecule is COC1=C[C@@H](C)[C@@H]2C[C@H]3OC(=O)C[C@@H]4C35CC3([C@@H]6COC(=O)C6)O[C@](O)(C[C@]4(C)O3)[C@@H]5[C@@]2(C)C1=O. The van der Waals surface area contributed by atoms with Crippen molar-refractivity contribution in [1.82, 2.24) is 0 Å². The van der Waals surface area contributed by atoms with Gasteiger partial charge in [0.05, 0.1) is 38.1 Å². The fraction of sp³-hybridized carbons (Fsp3) is 0.808. The van der Waals surface area contributed by atoms with E-state index in [0.717, 1.165) is 0 Å². The first kappa shape index (κ1) is 22.2. The predicted molar refractivity (Wildman–Crippen MR) is 116 cm³/mol. The van der Waals surface area contributed by atoms with Crippen LogP contribution in [0, 0.1) is 40.4 Å². The molecule has 1 spiro atoms. The highest BCUT2D eigenvalue weighted by Crippen LogP contribution is 2.79. The summed E-state index contributed by atoms with van der Waals surface area (Å²) in [6.07, 6.45) is 2.64. The molecule has 5 saturated heterocycles. The highest BCUT2D eigenvalue weighted by molar-refractivity contribution is 6.00. The third kappa shape index (κ3) is 2.34. The Balaban J connectivity index is 1.46. The lowest BCUT2D eigenvalue weighted by Crippen LogP contribution is -2.87. The maximum Gasteiger partial charge on any atom is 0.306 e. The van der Waals surface area contributed by atoms with Crippen molar-refractivity contribution in [2.45, 2.75) is 76.2 Å². The predicted octanol–water partition coefficient (Wildman–Crippen LogP) is 1.86. The molecule has 35 heavy (non-hydrogen) atoms. The van der Waals surface area contributed by atoms with E-state index in [1.54, 1.807) is 0 Å². The third-order valence-electron chi connectivity index (χ3n) is 10.8. The van der Waals surface area contributed by atoms with Crippen molar-refractivity contribution in [1.29, 1.82) is 0 Å². The zero-order valence-corrected chi connectivity index (χ0v) is 20.5. The van der Waals surface area contributed by atoms with E-state index in [0.29, 0.717) is 18.6 Å². The summed E-state index contributed by atoms with van der Waals surface area (Å²) in [6, 6.07) is 0. The summed E-state index contributed by atoms with van der Waals surface area (Å²) >= 11 is 0. The first-order valence-corrected chi connectivity index (χ1v) is 12.7. The summed E-state index contributed by atoms with van der Waals surface area (Å²) in [7, 11) is 1.50. The van der Waals surface area contributed by atoms with Crippen LogP contribution in [-0.4, -0.2) is 59.8 Å². The number of ketones is 1. The number of rotatable bonds is 2. The lowest BCUT2D eigenvalue weighted by atomic mass is 9.34. The van der Waals surface area contributed by atoms with Crippen LogP contribution in [0.1, 0.15) is 52.9 Å². The topological polar surface area (TPSA) is 118 Å². The Hall–Kier alpha value is -1.97. The largest absolute Gasteiger partial charge is 0.493 e. The molecular weight excluding hydrogens is 456 g/mol. The second-order valence-corrected chi connectivity index (χ2v) is 12.4. The number of carbonyl (C=O) groups is 3. The van der Waals surface area contributed by atoms with Crippen LogP contribution in [-0.2, 0) is 38.1 Å². The molecular formula is C26H32O9. The van der Waals surface area contributed by atoms with Crippen LogP contribution in [0.5, 0.6) is 0 Å². The van der Waals surface area contributed by atoms with E-state index in [4.69, 9.17) is 23.7 Å². The Morgan fingerprint density at radius 2 is 1.86 bits per heavy atom. The summed E-state index contributed by atoms with van der Waals surface area (Å²) in [6.45, 7) is 6.06. The van der Waals surface area contributed by atoms with Crippen LogP contribution in [0.25, 0.3) is 0 Å². The van der Waals surface area contributed by atoms with Gasteiger partial charge in [-0.05, 0) is 31.3 Å². The zero-order valence-electron chi connectivity index (χ0n) is 20.5. The number of esters is 2. The van der Waals surface area contributed by atoms with Gasteiger partial charge in [0, 0.05) is 35.5 Å². The minimum atomic E-state index is -1.70. The highest BCUT2D eigenvalue weighted by atomic mass is 16.8. The Morgan fingerprint density at radius 3 is 2.54 bits per heavy atom. The number of aliphatic hydroxyl groups is 1. The maximum absolute atomic E-state index is 14.1. The fourth-order valence-electron chi connectivity index (χ4n) is 9.98. The van der Waals surface area contributed by atoms with Crippen molar-refractivity contribution >= 4 is 17.7 Å². The molecule has 4 bridgehead atoms. The third-order valence-corrected chi connectivity index (χ3v) is 10.8. The molecule has 0 aromatic rings. The Labute approximate surface area is 203 Å². The molecule has 0 aromatic heterocycles. The average molecular weight is 489 g/mol. The number of methoxy groups -OCH3 is 1. The van der Waals surface area contributed by atoms with Crippen LogP contribution in [0.15, 0.2) is 11.8 Å². The number of Topliss-reactive ketones (excluding diaryl/α,β-unsaturated/α-hetero) is 1. The summed E-state index contributed by atoms with van der Waals surface area (Å²) < 4.78 is 30.2. The summed E-state index contributed by atoms with van der Waals surface area (Å²) in [5.41, 5.74) is -2.61. The van der Waals surface area contributed by atoms with E-state index < -0.39 is 45.9 Å². The monoisotopic (exact) mass is 488 g/mol. The molecule has 0 amide bonds. The summed E-state index contributed by atoms with van der Waals surface area (Å²) in [5.74, 6) is -4.83. The second kappa shape index (κ2) is 6.29. The van der Waals surface area contributed by atoms with Gasteiger partial charge in [0.2, 0.25) is 5.78 Å². The van der Waals surface area contributed by atoms with E-state index in [-0.39, 0.29) is 61.3 Å². The molecule has 3 aliphatic carbocycles. The first-order valence-electron chi connectivity index (χ1n) is 12.7. The first-order chi connectivity index (χ1) is 16.4. The standard InChI is InChI=1S/C26H32O9/c1-12-5-15(31-4)20(29)23(3)14(12)7-17-24-11-26(13-6-18(27)32-9-13)34-22(2,16(24)8-19(28)33-17)10-25(30,35-26)21(23)24/h5,12-14,16-17,21,30H,6-11H2,1-4H3/t12-,13+,14+,16+,17-,21-,22+,23-,24?,25-,26?/m1/s1. The van der Waals surface area contributed by atoms with Gasteiger partial charge in [-0.2, -0.15) is 0 Å². The van der Waals surface area contributed by atoms with Crippen molar-refractivity contribution in [2.75, 3.05) is 13.7 Å². The summed E-state index contributed by atoms with van der Waals surface area (Å²) in [4.78, 5) is 39.0. The van der Waals surface area contributed by atoms with Gasteiger partial charge in [-0.3, -0.25) is 14.4 Å². The molecule has 5 aliphatic heterocycles. The smallest absolute Gasteiger partial charge is 0.306 e. The van der Waals surface area contributed by atoms with Gasteiger partial charge >= 0.3 is 11.9 Å². The van der Waals surface area contributed by atoms with E-state index >= 15 is 0 Å². The normalized spacial score (nSPS) is 57.7.